The van der Waals surface area contributed by atoms with Gasteiger partial charge in [-0.25, -0.2) is 4.98 Å². The fourth-order valence-electron chi connectivity index (χ4n) is 3.14. The number of imidazole rings is 1. The molecule has 3 heteroatoms. The van der Waals surface area contributed by atoms with Gasteiger partial charge in [-0.3, -0.25) is 0 Å². The van der Waals surface area contributed by atoms with Gasteiger partial charge in [0.25, 0.3) is 0 Å². The first-order chi connectivity index (χ1) is 8.06. The molecule has 1 aliphatic rings. The van der Waals surface area contributed by atoms with Gasteiger partial charge in [-0.1, -0.05) is 27.2 Å². The van der Waals surface area contributed by atoms with Crippen LogP contribution in [0.1, 0.15) is 58.4 Å². The average Bonchev–Trinajstić information content (AvgIpc) is 2.84. The Labute approximate surface area is 104 Å². The molecular weight excluding hydrogens is 212 g/mol. The molecule has 0 radical (unpaired) electrons. The molecule has 2 atom stereocenters. The largest absolute Gasteiger partial charge is 0.385 e. The fraction of sp³-hybridized carbons (Fsp3) is 0.786. The van der Waals surface area contributed by atoms with Crippen LogP contribution in [0.25, 0.3) is 0 Å². The molecule has 0 aliphatic heterocycles. The zero-order valence-electron chi connectivity index (χ0n) is 11.2. The van der Waals surface area contributed by atoms with Gasteiger partial charge in [0, 0.05) is 18.9 Å². The van der Waals surface area contributed by atoms with E-state index in [1.807, 2.05) is 6.20 Å². The number of aliphatic hydroxyl groups is 1. The third-order valence-electron chi connectivity index (χ3n) is 4.20. The molecule has 1 saturated carbocycles. The van der Waals surface area contributed by atoms with E-state index in [-0.39, 0.29) is 5.41 Å². The van der Waals surface area contributed by atoms with Crippen molar-refractivity contribution in [3.8, 4) is 0 Å². The summed E-state index contributed by atoms with van der Waals surface area (Å²) < 4.78 is 2.10. The smallest absolute Gasteiger partial charge is 0.137 e. The van der Waals surface area contributed by atoms with Crippen molar-refractivity contribution in [1.82, 2.24) is 9.55 Å². The zero-order valence-corrected chi connectivity index (χ0v) is 11.2. The summed E-state index contributed by atoms with van der Waals surface area (Å²) in [5, 5.41) is 10.6. The monoisotopic (exact) mass is 236 g/mol. The second-order valence-corrected chi connectivity index (χ2v) is 5.91. The van der Waals surface area contributed by atoms with Gasteiger partial charge in [-0.15, -0.1) is 0 Å². The van der Waals surface area contributed by atoms with Crippen LogP contribution in [0.15, 0.2) is 12.4 Å². The van der Waals surface area contributed by atoms with E-state index >= 15 is 0 Å². The second-order valence-electron chi connectivity index (χ2n) is 5.91. The molecule has 0 spiro atoms. The van der Waals surface area contributed by atoms with Crippen LogP contribution in [0.2, 0.25) is 0 Å². The SMILES string of the molecule is CCCn1ccnc1C(O)C1CCCC1(C)C. The number of aryl methyl sites for hydroxylation is 1. The third-order valence-corrected chi connectivity index (χ3v) is 4.20. The normalized spacial score (nSPS) is 25.1. The minimum atomic E-state index is -0.408. The van der Waals surface area contributed by atoms with E-state index in [1.165, 1.54) is 12.8 Å². The molecule has 0 amide bonds. The van der Waals surface area contributed by atoms with Crippen molar-refractivity contribution in [3.63, 3.8) is 0 Å². The lowest BCUT2D eigenvalue weighted by Gasteiger charge is -2.31. The first-order valence-electron chi connectivity index (χ1n) is 6.75. The van der Waals surface area contributed by atoms with Crippen molar-refractivity contribution in [2.45, 2.75) is 59.1 Å². The lowest BCUT2D eigenvalue weighted by molar-refractivity contribution is 0.0438. The highest BCUT2D eigenvalue weighted by atomic mass is 16.3. The molecule has 1 N–H and O–H groups in total. The zero-order chi connectivity index (χ0) is 12.5. The van der Waals surface area contributed by atoms with E-state index in [0.29, 0.717) is 5.92 Å². The number of aromatic nitrogens is 2. The van der Waals surface area contributed by atoms with Crippen LogP contribution in [0.5, 0.6) is 0 Å². The van der Waals surface area contributed by atoms with E-state index in [9.17, 15) is 5.11 Å². The fourth-order valence-corrected chi connectivity index (χ4v) is 3.14. The topological polar surface area (TPSA) is 38.0 Å². The summed E-state index contributed by atoms with van der Waals surface area (Å²) in [6.07, 6.45) is 8.00. The average molecular weight is 236 g/mol. The standard InChI is InChI=1S/C14H24N2O/c1-4-9-16-10-8-15-13(16)12(17)11-6-5-7-14(11,2)3/h8,10-12,17H,4-7,9H2,1-3H3. The number of hydrogen-bond donors (Lipinski definition) is 1. The predicted octanol–water partition coefficient (Wildman–Crippen LogP) is 3.15. The molecule has 1 aliphatic carbocycles. The molecule has 96 valence electrons. The van der Waals surface area contributed by atoms with Crippen LogP contribution in [0.3, 0.4) is 0 Å². The molecule has 1 aromatic heterocycles. The molecule has 1 fully saturated rings. The van der Waals surface area contributed by atoms with Crippen LogP contribution in [0, 0.1) is 11.3 Å². The van der Waals surface area contributed by atoms with Gasteiger partial charge in [0.1, 0.15) is 11.9 Å². The lowest BCUT2D eigenvalue weighted by Crippen LogP contribution is -2.26. The minimum Gasteiger partial charge on any atom is -0.385 e. The van der Waals surface area contributed by atoms with Crippen molar-refractivity contribution in [1.29, 1.82) is 0 Å². The Bertz CT molecular complexity index is 370. The van der Waals surface area contributed by atoms with Gasteiger partial charge in [0.15, 0.2) is 0 Å². The summed E-state index contributed by atoms with van der Waals surface area (Å²) in [6.45, 7) is 7.62. The van der Waals surface area contributed by atoms with Crippen LogP contribution in [0.4, 0.5) is 0 Å². The maximum Gasteiger partial charge on any atom is 0.137 e. The van der Waals surface area contributed by atoms with E-state index in [1.54, 1.807) is 6.20 Å². The predicted molar refractivity (Wildman–Crippen MR) is 68.6 cm³/mol. The Morgan fingerprint density at radius 2 is 2.35 bits per heavy atom. The molecule has 1 aromatic rings. The summed E-state index contributed by atoms with van der Waals surface area (Å²) >= 11 is 0. The van der Waals surface area contributed by atoms with Crippen molar-refractivity contribution in [2.75, 3.05) is 0 Å². The molecule has 17 heavy (non-hydrogen) atoms. The Morgan fingerprint density at radius 3 is 2.94 bits per heavy atom. The molecule has 2 rings (SSSR count). The maximum absolute atomic E-state index is 10.6. The van der Waals surface area contributed by atoms with Gasteiger partial charge in [0.05, 0.1) is 0 Å². The second kappa shape index (κ2) is 4.81. The number of rotatable bonds is 4. The quantitative estimate of drug-likeness (QED) is 0.872. The first-order valence-corrected chi connectivity index (χ1v) is 6.75. The summed E-state index contributed by atoms with van der Waals surface area (Å²) in [7, 11) is 0. The van der Waals surface area contributed by atoms with Gasteiger partial charge in [-0.2, -0.15) is 0 Å². The molecule has 1 heterocycles. The first kappa shape index (κ1) is 12.6. The molecule has 0 saturated heterocycles. The van der Waals surface area contributed by atoms with Gasteiger partial charge in [-0.05, 0) is 30.6 Å². The number of hydrogen-bond acceptors (Lipinski definition) is 2. The highest BCUT2D eigenvalue weighted by Gasteiger charge is 2.40. The number of aliphatic hydroxyl groups excluding tert-OH is 1. The summed E-state index contributed by atoms with van der Waals surface area (Å²) in [4.78, 5) is 4.36. The summed E-state index contributed by atoms with van der Waals surface area (Å²) in [5.74, 6) is 1.20. The Kier molecular flexibility index (Phi) is 3.57. The maximum atomic E-state index is 10.6. The minimum absolute atomic E-state index is 0.239. The van der Waals surface area contributed by atoms with Gasteiger partial charge < -0.3 is 9.67 Å². The van der Waals surface area contributed by atoms with E-state index in [4.69, 9.17) is 0 Å². The Balaban J connectivity index is 2.18. The highest BCUT2D eigenvalue weighted by molar-refractivity contribution is 5.02. The number of nitrogens with zero attached hydrogens (tertiary/aromatic N) is 2. The highest BCUT2D eigenvalue weighted by Crippen LogP contribution is 2.48. The van der Waals surface area contributed by atoms with Crippen LogP contribution < -0.4 is 0 Å². The molecule has 0 bridgehead atoms. The third kappa shape index (κ3) is 2.39. The lowest BCUT2D eigenvalue weighted by atomic mass is 9.78. The van der Waals surface area contributed by atoms with Crippen molar-refractivity contribution in [2.24, 2.45) is 11.3 Å². The van der Waals surface area contributed by atoms with Crippen molar-refractivity contribution < 1.29 is 5.11 Å². The molecule has 2 unspecified atom stereocenters. The van der Waals surface area contributed by atoms with Gasteiger partial charge in [0.2, 0.25) is 0 Å². The van der Waals surface area contributed by atoms with E-state index in [0.717, 1.165) is 25.2 Å². The van der Waals surface area contributed by atoms with E-state index in [2.05, 4.69) is 30.3 Å². The van der Waals surface area contributed by atoms with Gasteiger partial charge >= 0.3 is 0 Å². The van der Waals surface area contributed by atoms with Crippen LogP contribution >= 0.6 is 0 Å². The summed E-state index contributed by atoms with van der Waals surface area (Å²) in [6, 6.07) is 0. The summed E-state index contributed by atoms with van der Waals surface area (Å²) in [5.41, 5.74) is 0.239. The molecular formula is C14H24N2O. The van der Waals surface area contributed by atoms with Crippen LogP contribution in [-0.4, -0.2) is 14.7 Å². The Hall–Kier alpha value is -0.830. The van der Waals surface area contributed by atoms with Crippen molar-refractivity contribution in [3.05, 3.63) is 18.2 Å². The molecule has 0 aromatic carbocycles. The van der Waals surface area contributed by atoms with Crippen molar-refractivity contribution >= 4 is 0 Å². The van der Waals surface area contributed by atoms with Crippen LogP contribution in [-0.2, 0) is 6.54 Å². The van der Waals surface area contributed by atoms with E-state index < -0.39 is 6.10 Å². The molecule has 3 nitrogen and oxygen atoms in total. The Morgan fingerprint density at radius 1 is 1.59 bits per heavy atom.